The van der Waals surface area contributed by atoms with Gasteiger partial charge in [0.25, 0.3) is 0 Å². The number of amides is 3. The van der Waals surface area contributed by atoms with Gasteiger partial charge in [0.15, 0.2) is 0 Å². The maximum absolute atomic E-state index is 14.2. The van der Waals surface area contributed by atoms with Crippen LogP contribution in [0.5, 0.6) is 0 Å². The number of unbranched alkanes of at least 4 members (excludes halogenated alkanes) is 2. The fourth-order valence-electron chi connectivity index (χ4n) is 4.18. The first-order valence-electron chi connectivity index (χ1n) is 13.9. The van der Waals surface area contributed by atoms with Crippen LogP contribution in [0.15, 0.2) is 30.3 Å². The molecule has 7 heteroatoms. The largest absolute Gasteiger partial charge is 0.444 e. The Morgan fingerprint density at radius 3 is 2.08 bits per heavy atom. The monoisotopic (exact) mass is 517 g/mol. The van der Waals surface area contributed by atoms with Gasteiger partial charge >= 0.3 is 6.09 Å². The summed E-state index contributed by atoms with van der Waals surface area (Å²) in [5.41, 5.74) is 0.0594. The third-order valence-corrected chi connectivity index (χ3v) is 6.22. The van der Waals surface area contributed by atoms with Crippen LogP contribution in [0.2, 0.25) is 0 Å². The van der Waals surface area contributed by atoms with Crippen LogP contribution in [-0.4, -0.2) is 47.0 Å². The first-order chi connectivity index (χ1) is 17.3. The number of ether oxygens (including phenoxy) is 1. The molecule has 0 saturated heterocycles. The van der Waals surface area contributed by atoms with E-state index in [1.807, 2.05) is 51.1 Å². The van der Waals surface area contributed by atoms with Crippen molar-refractivity contribution in [2.45, 2.75) is 118 Å². The molecule has 1 aromatic carbocycles. The lowest BCUT2D eigenvalue weighted by Gasteiger charge is -2.39. The molecule has 0 bridgehead atoms. The van der Waals surface area contributed by atoms with E-state index < -0.39 is 23.8 Å². The van der Waals surface area contributed by atoms with Gasteiger partial charge in [-0.1, -0.05) is 77.8 Å². The van der Waals surface area contributed by atoms with Gasteiger partial charge in [-0.3, -0.25) is 9.59 Å². The molecule has 0 aliphatic carbocycles. The minimum Gasteiger partial charge on any atom is -0.444 e. The maximum atomic E-state index is 14.2. The number of alkyl carbamates (subject to hydrolysis) is 1. The molecule has 0 aromatic heterocycles. The van der Waals surface area contributed by atoms with Gasteiger partial charge in [0, 0.05) is 12.6 Å². The van der Waals surface area contributed by atoms with E-state index in [1.54, 1.807) is 25.7 Å². The molecule has 3 unspecified atom stereocenters. The van der Waals surface area contributed by atoms with Crippen molar-refractivity contribution in [1.29, 1.82) is 0 Å². The van der Waals surface area contributed by atoms with Crippen LogP contribution < -0.4 is 10.6 Å². The normalized spacial score (nSPS) is 14.1. The summed E-state index contributed by atoms with van der Waals surface area (Å²) >= 11 is 0. The molecule has 0 saturated carbocycles. The van der Waals surface area contributed by atoms with Crippen molar-refractivity contribution in [2.24, 2.45) is 11.8 Å². The van der Waals surface area contributed by atoms with Crippen LogP contribution in [0.1, 0.15) is 106 Å². The van der Waals surface area contributed by atoms with Gasteiger partial charge in [-0.2, -0.15) is 0 Å². The van der Waals surface area contributed by atoms with Gasteiger partial charge in [0.2, 0.25) is 11.8 Å². The average molecular weight is 518 g/mol. The molecular weight excluding hydrogens is 466 g/mol. The topological polar surface area (TPSA) is 87.7 Å². The summed E-state index contributed by atoms with van der Waals surface area (Å²) in [5.74, 6) is -0.233. The van der Waals surface area contributed by atoms with E-state index in [0.29, 0.717) is 12.5 Å². The quantitative estimate of drug-likeness (QED) is 0.286. The van der Waals surface area contributed by atoms with E-state index in [4.69, 9.17) is 4.74 Å². The molecule has 7 nitrogen and oxygen atoms in total. The summed E-state index contributed by atoms with van der Waals surface area (Å²) in [6.07, 6.45) is 3.98. The Morgan fingerprint density at radius 1 is 0.946 bits per heavy atom. The van der Waals surface area contributed by atoms with Gasteiger partial charge < -0.3 is 20.3 Å². The first-order valence-corrected chi connectivity index (χ1v) is 13.9. The van der Waals surface area contributed by atoms with Gasteiger partial charge in [-0.05, 0) is 64.4 Å². The number of carbonyl (C=O) groups is 3. The number of rotatable bonds is 14. The van der Waals surface area contributed by atoms with Gasteiger partial charge in [-0.25, -0.2) is 4.79 Å². The van der Waals surface area contributed by atoms with Gasteiger partial charge in [0.1, 0.15) is 17.7 Å². The molecule has 1 rings (SSSR count). The second kappa shape index (κ2) is 15.6. The van der Waals surface area contributed by atoms with Crippen molar-refractivity contribution in [1.82, 2.24) is 15.5 Å². The standard InChI is InChI=1S/C30H51N3O4/c1-10-11-15-20-31-27(34)26(24-16-13-12-14-17-24)33(23(6)19-18-21(2)3)28(35)25(22(4)5)32-29(36)37-30(7,8)9/h12-14,16-17,21-23,25-26H,10-11,15,18-20H2,1-9H3,(H,31,34)(H,32,36). The number of hydrogen-bond acceptors (Lipinski definition) is 4. The molecule has 0 radical (unpaired) electrons. The minimum atomic E-state index is -0.838. The van der Waals surface area contributed by atoms with E-state index in [1.165, 1.54) is 0 Å². The second-order valence-electron chi connectivity index (χ2n) is 11.7. The van der Waals surface area contributed by atoms with Crippen molar-refractivity contribution in [3.05, 3.63) is 35.9 Å². The van der Waals surface area contributed by atoms with Crippen molar-refractivity contribution >= 4 is 17.9 Å². The third-order valence-electron chi connectivity index (χ3n) is 6.22. The molecule has 210 valence electrons. The van der Waals surface area contributed by atoms with Crippen LogP contribution in [0.4, 0.5) is 4.79 Å². The summed E-state index contributed by atoms with van der Waals surface area (Å²) in [5, 5.41) is 5.86. The zero-order valence-electron chi connectivity index (χ0n) is 24.6. The summed E-state index contributed by atoms with van der Waals surface area (Å²) in [6, 6.07) is 7.57. The summed E-state index contributed by atoms with van der Waals surface area (Å²) in [6.45, 7) is 18.1. The molecular formula is C30H51N3O4. The molecule has 2 N–H and O–H groups in total. The smallest absolute Gasteiger partial charge is 0.408 e. The Bertz CT molecular complexity index is 833. The number of benzene rings is 1. The lowest BCUT2D eigenvalue weighted by atomic mass is 9.95. The van der Waals surface area contributed by atoms with Crippen LogP contribution in [0, 0.1) is 11.8 Å². The fraction of sp³-hybridized carbons (Fsp3) is 0.700. The van der Waals surface area contributed by atoms with Crippen LogP contribution >= 0.6 is 0 Å². The average Bonchev–Trinajstić information content (AvgIpc) is 2.80. The van der Waals surface area contributed by atoms with E-state index in [0.717, 1.165) is 37.7 Å². The third kappa shape index (κ3) is 11.6. The van der Waals surface area contributed by atoms with Crippen molar-refractivity contribution in [3.63, 3.8) is 0 Å². The molecule has 37 heavy (non-hydrogen) atoms. The predicted molar refractivity (Wildman–Crippen MR) is 150 cm³/mol. The highest BCUT2D eigenvalue weighted by atomic mass is 16.6. The zero-order chi connectivity index (χ0) is 28.2. The van der Waals surface area contributed by atoms with Crippen molar-refractivity contribution in [2.75, 3.05) is 6.54 Å². The molecule has 0 aliphatic rings. The van der Waals surface area contributed by atoms with Crippen molar-refractivity contribution < 1.29 is 19.1 Å². The highest BCUT2D eigenvalue weighted by molar-refractivity contribution is 5.92. The summed E-state index contributed by atoms with van der Waals surface area (Å²) in [7, 11) is 0. The molecule has 0 fully saturated rings. The van der Waals surface area contributed by atoms with Crippen LogP contribution in [-0.2, 0) is 14.3 Å². The lowest BCUT2D eigenvalue weighted by Crippen LogP contribution is -2.57. The zero-order valence-corrected chi connectivity index (χ0v) is 24.6. The molecule has 3 atom stereocenters. The highest BCUT2D eigenvalue weighted by Gasteiger charge is 2.39. The van der Waals surface area contributed by atoms with Gasteiger partial charge in [0.05, 0.1) is 0 Å². The Kier molecular flexibility index (Phi) is 13.7. The highest BCUT2D eigenvalue weighted by Crippen LogP contribution is 2.28. The summed E-state index contributed by atoms with van der Waals surface area (Å²) < 4.78 is 5.46. The summed E-state index contributed by atoms with van der Waals surface area (Å²) in [4.78, 5) is 42.3. The Hall–Kier alpha value is -2.57. The number of nitrogens with one attached hydrogen (secondary N) is 2. The molecule has 0 aliphatic heterocycles. The first kappa shape index (κ1) is 32.5. The van der Waals surface area contributed by atoms with Gasteiger partial charge in [-0.15, -0.1) is 0 Å². The SMILES string of the molecule is CCCCCNC(=O)C(c1ccccc1)N(C(=O)C(NC(=O)OC(C)(C)C)C(C)C)C(C)CCC(C)C. The molecule has 1 aromatic rings. The fourth-order valence-corrected chi connectivity index (χ4v) is 4.18. The minimum absolute atomic E-state index is 0.202. The Balaban J connectivity index is 3.46. The molecule has 0 heterocycles. The Labute approximate surface area is 225 Å². The van der Waals surface area contributed by atoms with E-state index in [-0.39, 0.29) is 23.8 Å². The number of nitrogens with zero attached hydrogens (tertiary/aromatic N) is 1. The predicted octanol–water partition coefficient (Wildman–Crippen LogP) is 6.24. The van der Waals surface area contributed by atoms with Crippen LogP contribution in [0.25, 0.3) is 0 Å². The lowest BCUT2D eigenvalue weighted by molar-refractivity contribution is -0.146. The van der Waals surface area contributed by atoms with Crippen LogP contribution in [0.3, 0.4) is 0 Å². The number of hydrogen-bond donors (Lipinski definition) is 2. The number of carbonyl (C=O) groups excluding carboxylic acids is 3. The second-order valence-corrected chi connectivity index (χ2v) is 11.7. The van der Waals surface area contributed by atoms with E-state index >= 15 is 0 Å². The molecule has 0 spiro atoms. The maximum Gasteiger partial charge on any atom is 0.408 e. The molecule has 3 amide bonds. The van der Waals surface area contributed by atoms with E-state index in [9.17, 15) is 14.4 Å². The van der Waals surface area contributed by atoms with Crippen molar-refractivity contribution in [3.8, 4) is 0 Å². The van der Waals surface area contributed by atoms with E-state index in [2.05, 4.69) is 31.4 Å². The Morgan fingerprint density at radius 2 is 1.57 bits per heavy atom.